The number of alkyl halides is 3. The topological polar surface area (TPSA) is 56.9 Å². The molecule has 8 heteroatoms. The lowest BCUT2D eigenvalue weighted by atomic mass is 10.1. The van der Waals surface area contributed by atoms with Gasteiger partial charge >= 0.3 is 11.9 Å². The van der Waals surface area contributed by atoms with Crippen molar-refractivity contribution in [3.63, 3.8) is 0 Å². The third-order valence-corrected chi connectivity index (χ3v) is 4.03. The average molecular weight is 385 g/mol. The van der Waals surface area contributed by atoms with Gasteiger partial charge in [-0.25, -0.2) is 14.3 Å². The Morgan fingerprint density at radius 2 is 1.89 bits per heavy atom. The van der Waals surface area contributed by atoms with Gasteiger partial charge in [0, 0.05) is 18.8 Å². The van der Waals surface area contributed by atoms with Gasteiger partial charge in [0.2, 0.25) is 0 Å². The van der Waals surface area contributed by atoms with Gasteiger partial charge in [-0.2, -0.15) is 13.2 Å². The standard InChI is InChI=1S/C20H14F3N3O2/c1-3-4-5-8-13-11-15(20(21,22)23)17(24-12-13)26-18(27)14-9-6-7-10-16(14)25(2)19(26)28/h3-4,6-7,9-12H,1-2H3. The van der Waals surface area contributed by atoms with Crippen LogP contribution in [0.4, 0.5) is 13.2 Å². The van der Waals surface area contributed by atoms with Crippen molar-refractivity contribution < 1.29 is 13.2 Å². The fourth-order valence-electron chi connectivity index (χ4n) is 2.72. The van der Waals surface area contributed by atoms with Crippen LogP contribution in [0.15, 0.2) is 58.3 Å². The third kappa shape index (κ3) is 3.34. The van der Waals surface area contributed by atoms with Crippen LogP contribution in [0.2, 0.25) is 0 Å². The molecular weight excluding hydrogens is 371 g/mol. The molecule has 0 atom stereocenters. The molecule has 0 aliphatic rings. The second-order valence-electron chi connectivity index (χ2n) is 5.86. The summed E-state index contributed by atoms with van der Waals surface area (Å²) in [6.45, 7) is 1.72. The minimum absolute atomic E-state index is 0.0137. The minimum Gasteiger partial charge on any atom is -0.296 e. The molecule has 0 saturated carbocycles. The molecule has 0 N–H and O–H groups in total. The summed E-state index contributed by atoms with van der Waals surface area (Å²) in [5.74, 6) is 4.33. The van der Waals surface area contributed by atoms with Gasteiger partial charge in [-0.3, -0.25) is 9.36 Å². The van der Waals surface area contributed by atoms with Crippen LogP contribution in [0.25, 0.3) is 16.7 Å². The largest absolute Gasteiger partial charge is 0.420 e. The Morgan fingerprint density at radius 1 is 1.18 bits per heavy atom. The number of nitrogens with zero attached hydrogens (tertiary/aromatic N) is 3. The molecule has 2 aromatic heterocycles. The number of hydrogen-bond donors (Lipinski definition) is 0. The first-order valence-corrected chi connectivity index (χ1v) is 8.16. The first-order chi connectivity index (χ1) is 13.3. The van der Waals surface area contributed by atoms with Crippen molar-refractivity contribution in [1.29, 1.82) is 0 Å². The predicted octanol–water partition coefficient (Wildman–Crippen LogP) is 3.03. The summed E-state index contributed by atoms with van der Waals surface area (Å²) < 4.78 is 42.5. The average Bonchev–Trinajstić information content (AvgIpc) is 2.66. The van der Waals surface area contributed by atoms with E-state index in [9.17, 15) is 22.8 Å². The lowest BCUT2D eigenvalue weighted by Gasteiger charge is -2.15. The van der Waals surface area contributed by atoms with Crippen molar-refractivity contribution in [2.24, 2.45) is 7.05 Å². The molecule has 142 valence electrons. The van der Waals surface area contributed by atoms with Crippen LogP contribution in [0, 0.1) is 11.8 Å². The van der Waals surface area contributed by atoms with Crippen molar-refractivity contribution in [3.8, 4) is 17.7 Å². The molecule has 0 aliphatic heterocycles. The number of aromatic nitrogens is 3. The van der Waals surface area contributed by atoms with Crippen molar-refractivity contribution in [2.45, 2.75) is 13.1 Å². The molecule has 5 nitrogen and oxygen atoms in total. The highest BCUT2D eigenvalue weighted by atomic mass is 19.4. The Morgan fingerprint density at radius 3 is 2.57 bits per heavy atom. The number of halogens is 3. The maximum Gasteiger partial charge on any atom is 0.420 e. The van der Waals surface area contributed by atoms with Crippen LogP contribution in [0.3, 0.4) is 0 Å². The molecule has 3 rings (SSSR count). The zero-order valence-corrected chi connectivity index (χ0v) is 14.9. The molecule has 0 fully saturated rings. The van der Waals surface area contributed by atoms with E-state index in [-0.39, 0.29) is 10.9 Å². The SMILES string of the molecule is CC=CC#Cc1cnc(-n2c(=O)c3ccccc3n(C)c2=O)c(C(F)(F)F)c1. The summed E-state index contributed by atoms with van der Waals surface area (Å²) in [5, 5.41) is 0.108. The Labute approximate surface area is 157 Å². The summed E-state index contributed by atoms with van der Waals surface area (Å²) >= 11 is 0. The van der Waals surface area contributed by atoms with E-state index in [2.05, 4.69) is 16.8 Å². The Kier molecular flexibility index (Phi) is 4.92. The molecule has 28 heavy (non-hydrogen) atoms. The van der Waals surface area contributed by atoms with Crippen LogP contribution in [0.5, 0.6) is 0 Å². The van der Waals surface area contributed by atoms with E-state index < -0.39 is 28.8 Å². The quantitative estimate of drug-likeness (QED) is 0.605. The fourth-order valence-corrected chi connectivity index (χ4v) is 2.72. The second-order valence-corrected chi connectivity index (χ2v) is 5.86. The van der Waals surface area contributed by atoms with Crippen molar-refractivity contribution in [1.82, 2.24) is 14.1 Å². The molecule has 0 amide bonds. The number of rotatable bonds is 1. The number of hydrogen-bond acceptors (Lipinski definition) is 3. The van der Waals surface area contributed by atoms with E-state index >= 15 is 0 Å². The van der Waals surface area contributed by atoms with E-state index in [1.165, 1.54) is 19.2 Å². The van der Waals surface area contributed by atoms with E-state index in [1.54, 1.807) is 31.2 Å². The number of para-hydroxylation sites is 1. The first-order valence-electron chi connectivity index (χ1n) is 8.16. The van der Waals surface area contributed by atoms with Crippen LogP contribution >= 0.6 is 0 Å². The monoisotopic (exact) mass is 385 g/mol. The van der Waals surface area contributed by atoms with E-state index in [1.807, 2.05) is 0 Å². The molecule has 1 aromatic carbocycles. The number of allylic oxidation sites excluding steroid dienone is 2. The van der Waals surface area contributed by atoms with Gasteiger partial charge in [0.15, 0.2) is 5.82 Å². The number of benzene rings is 1. The summed E-state index contributed by atoms with van der Waals surface area (Å²) in [6, 6.07) is 6.96. The molecule has 2 heterocycles. The normalized spacial score (nSPS) is 11.6. The van der Waals surface area contributed by atoms with Crippen molar-refractivity contribution in [3.05, 3.63) is 80.6 Å². The summed E-state index contributed by atoms with van der Waals surface area (Å²) in [5.41, 5.74) is -2.68. The summed E-state index contributed by atoms with van der Waals surface area (Å²) in [7, 11) is 1.38. The smallest absolute Gasteiger partial charge is 0.296 e. The van der Waals surface area contributed by atoms with Gasteiger partial charge in [0.05, 0.1) is 10.9 Å². The Balaban J connectivity index is 2.38. The van der Waals surface area contributed by atoms with E-state index in [0.717, 1.165) is 16.8 Å². The highest BCUT2D eigenvalue weighted by Crippen LogP contribution is 2.32. The molecule has 0 unspecified atom stereocenters. The highest BCUT2D eigenvalue weighted by molar-refractivity contribution is 5.78. The molecule has 0 bridgehead atoms. The number of pyridine rings is 1. The highest BCUT2D eigenvalue weighted by Gasteiger charge is 2.36. The van der Waals surface area contributed by atoms with Crippen LogP contribution in [-0.2, 0) is 13.2 Å². The van der Waals surface area contributed by atoms with Crippen molar-refractivity contribution >= 4 is 10.9 Å². The maximum absolute atomic E-state index is 13.7. The second kappa shape index (κ2) is 7.19. The van der Waals surface area contributed by atoms with Gasteiger partial charge in [-0.05, 0) is 31.2 Å². The Bertz CT molecular complexity index is 1270. The first kappa shape index (κ1) is 19.2. The van der Waals surface area contributed by atoms with Gasteiger partial charge < -0.3 is 0 Å². The van der Waals surface area contributed by atoms with Gasteiger partial charge in [0.25, 0.3) is 5.56 Å². The van der Waals surface area contributed by atoms with Gasteiger partial charge in [0.1, 0.15) is 5.56 Å². The molecular formula is C20H14F3N3O2. The zero-order chi connectivity index (χ0) is 20.5. The van der Waals surface area contributed by atoms with Gasteiger partial charge in [-0.15, -0.1) is 0 Å². The molecule has 0 radical (unpaired) electrons. The van der Waals surface area contributed by atoms with Crippen molar-refractivity contribution in [2.75, 3.05) is 0 Å². The van der Waals surface area contributed by atoms with Crippen LogP contribution in [-0.4, -0.2) is 14.1 Å². The van der Waals surface area contributed by atoms with Crippen LogP contribution in [0.1, 0.15) is 18.1 Å². The summed E-state index contributed by atoms with van der Waals surface area (Å²) in [6.07, 6.45) is -0.624. The Hall–Kier alpha value is -3.60. The van der Waals surface area contributed by atoms with E-state index in [0.29, 0.717) is 10.1 Å². The molecule has 0 aliphatic carbocycles. The predicted molar refractivity (Wildman–Crippen MR) is 99.3 cm³/mol. The lowest BCUT2D eigenvalue weighted by molar-refractivity contribution is -0.137. The van der Waals surface area contributed by atoms with Crippen LogP contribution < -0.4 is 11.2 Å². The van der Waals surface area contributed by atoms with E-state index in [4.69, 9.17) is 0 Å². The maximum atomic E-state index is 13.7. The summed E-state index contributed by atoms with van der Waals surface area (Å²) in [4.78, 5) is 29.2. The lowest BCUT2D eigenvalue weighted by Crippen LogP contribution is -2.39. The fraction of sp³-hybridized carbons (Fsp3) is 0.150. The zero-order valence-electron chi connectivity index (χ0n) is 14.9. The third-order valence-electron chi connectivity index (χ3n) is 4.03. The molecule has 3 aromatic rings. The minimum atomic E-state index is -4.84. The van der Waals surface area contributed by atoms with Gasteiger partial charge in [-0.1, -0.05) is 30.0 Å². The molecule has 0 spiro atoms. The molecule has 0 saturated heterocycles. The number of aryl methyl sites for hydroxylation is 1. The number of fused-ring (bicyclic) bond motifs is 1.